The minimum Gasteiger partial charge on any atom is -0.356 e. The molecule has 0 saturated carbocycles. The smallest absolute Gasteiger partial charge is 0.222 e. The van der Waals surface area contributed by atoms with Gasteiger partial charge in [0.15, 0.2) is 0 Å². The number of rotatable bonds is 4. The first-order chi connectivity index (χ1) is 6.04. The Morgan fingerprint density at radius 3 is 1.92 bits per heavy atom. The number of nitrogens with one attached hydrogen (secondary N) is 1. The van der Waals surface area contributed by atoms with E-state index in [9.17, 15) is 4.79 Å². The van der Waals surface area contributed by atoms with E-state index in [2.05, 4.69) is 19.2 Å². The summed E-state index contributed by atoms with van der Waals surface area (Å²) in [6.45, 7) is 12.9. The van der Waals surface area contributed by atoms with Crippen LogP contribution in [-0.4, -0.2) is 12.5 Å². The molecule has 2 nitrogen and oxygen atoms in total. The Kier molecular flexibility index (Phi) is 11.0. The predicted molar refractivity (Wildman–Crippen MR) is 58.7 cm³/mol. The Hall–Kier alpha value is -0.530. The molecule has 1 N–H and O–H groups in total. The first-order valence-electron chi connectivity index (χ1n) is 5.31. The fourth-order valence-electron chi connectivity index (χ4n) is 0.688. The van der Waals surface area contributed by atoms with Gasteiger partial charge in [-0.05, 0) is 12.3 Å². The molecule has 13 heavy (non-hydrogen) atoms. The Labute approximate surface area is 83.1 Å². The van der Waals surface area contributed by atoms with Gasteiger partial charge in [-0.2, -0.15) is 0 Å². The van der Waals surface area contributed by atoms with Crippen LogP contribution in [0.5, 0.6) is 0 Å². The monoisotopic (exact) mass is 187 g/mol. The van der Waals surface area contributed by atoms with Crippen molar-refractivity contribution >= 4 is 5.91 Å². The zero-order valence-electron chi connectivity index (χ0n) is 9.98. The third-order valence-corrected chi connectivity index (χ3v) is 1.55. The average Bonchev–Trinajstić information content (AvgIpc) is 2.07. The van der Waals surface area contributed by atoms with Gasteiger partial charge in [0.1, 0.15) is 0 Å². The second kappa shape index (κ2) is 9.56. The second-order valence-electron chi connectivity index (χ2n) is 3.63. The van der Waals surface area contributed by atoms with Gasteiger partial charge in [0.25, 0.3) is 0 Å². The van der Waals surface area contributed by atoms with E-state index in [-0.39, 0.29) is 11.8 Å². The van der Waals surface area contributed by atoms with Crippen molar-refractivity contribution in [1.29, 1.82) is 0 Å². The molecule has 0 aliphatic heterocycles. The van der Waals surface area contributed by atoms with E-state index < -0.39 is 0 Å². The fourth-order valence-corrected chi connectivity index (χ4v) is 0.688. The lowest BCUT2D eigenvalue weighted by molar-refractivity contribution is -0.124. The first-order valence-corrected chi connectivity index (χ1v) is 5.31. The van der Waals surface area contributed by atoms with Crippen LogP contribution in [0.2, 0.25) is 0 Å². The molecule has 0 spiro atoms. The summed E-state index contributed by atoms with van der Waals surface area (Å²) in [5.74, 6) is 0.940. The molecule has 80 valence electrons. The van der Waals surface area contributed by atoms with Gasteiger partial charge in [0.05, 0.1) is 0 Å². The highest BCUT2D eigenvalue weighted by Gasteiger charge is 2.04. The van der Waals surface area contributed by atoms with Crippen molar-refractivity contribution in [2.75, 3.05) is 6.54 Å². The normalized spacial score (nSPS) is 9.54. The number of hydrogen-bond acceptors (Lipinski definition) is 1. The van der Waals surface area contributed by atoms with Crippen LogP contribution in [0, 0.1) is 11.8 Å². The lowest BCUT2D eigenvalue weighted by atomic mass is 10.1. The first kappa shape index (κ1) is 15.0. The van der Waals surface area contributed by atoms with Crippen molar-refractivity contribution in [2.45, 2.75) is 48.0 Å². The number of carbonyl (C=O) groups is 1. The highest BCUT2D eigenvalue weighted by Crippen LogP contribution is 1.97. The number of amides is 1. The lowest BCUT2D eigenvalue weighted by Gasteiger charge is -2.08. The summed E-state index contributed by atoms with van der Waals surface area (Å²) < 4.78 is 0. The van der Waals surface area contributed by atoms with Crippen LogP contribution in [-0.2, 0) is 4.79 Å². The summed E-state index contributed by atoms with van der Waals surface area (Å²) in [4.78, 5) is 11.0. The van der Waals surface area contributed by atoms with E-state index in [1.807, 2.05) is 27.7 Å². The van der Waals surface area contributed by atoms with Crippen LogP contribution in [0.3, 0.4) is 0 Å². The van der Waals surface area contributed by atoms with Gasteiger partial charge in [-0.1, -0.05) is 41.5 Å². The molecule has 0 aliphatic carbocycles. The molecule has 0 unspecified atom stereocenters. The third kappa shape index (κ3) is 11.5. The molecule has 0 aromatic carbocycles. The van der Waals surface area contributed by atoms with E-state index >= 15 is 0 Å². The third-order valence-electron chi connectivity index (χ3n) is 1.55. The van der Waals surface area contributed by atoms with Crippen LogP contribution >= 0.6 is 0 Å². The molecule has 0 atom stereocenters. The van der Waals surface area contributed by atoms with Crippen molar-refractivity contribution in [3.63, 3.8) is 0 Å². The van der Waals surface area contributed by atoms with Crippen molar-refractivity contribution < 1.29 is 4.79 Å². The molecule has 0 heterocycles. The molecule has 1 amide bonds. The molecule has 0 radical (unpaired) electrons. The molecule has 0 aliphatic rings. The summed E-state index contributed by atoms with van der Waals surface area (Å²) >= 11 is 0. The molecular weight excluding hydrogens is 162 g/mol. The van der Waals surface area contributed by atoms with Gasteiger partial charge in [-0.15, -0.1) is 0 Å². The zero-order chi connectivity index (χ0) is 10.9. The van der Waals surface area contributed by atoms with Gasteiger partial charge in [-0.25, -0.2) is 0 Å². The van der Waals surface area contributed by atoms with Crippen molar-refractivity contribution in [1.82, 2.24) is 5.32 Å². The highest BCUT2D eigenvalue weighted by atomic mass is 16.1. The topological polar surface area (TPSA) is 29.1 Å². The van der Waals surface area contributed by atoms with Gasteiger partial charge in [0.2, 0.25) is 5.91 Å². The Bertz CT molecular complexity index is 119. The van der Waals surface area contributed by atoms with E-state index in [0.717, 1.165) is 13.0 Å². The quantitative estimate of drug-likeness (QED) is 0.720. The Morgan fingerprint density at radius 2 is 1.62 bits per heavy atom. The van der Waals surface area contributed by atoms with Gasteiger partial charge in [-0.3, -0.25) is 4.79 Å². The minimum absolute atomic E-state index is 0.113. The fraction of sp³-hybridized carbons (Fsp3) is 0.909. The van der Waals surface area contributed by atoms with Crippen LogP contribution in [0.15, 0.2) is 0 Å². The summed E-state index contributed by atoms with van der Waals surface area (Å²) in [7, 11) is 0. The Morgan fingerprint density at radius 1 is 1.15 bits per heavy atom. The average molecular weight is 187 g/mol. The van der Waals surface area contributed by atoms with Gasteiger partial charge >= 0.3 is 0 Å². The maximum absolute atomic E-state index is 11.0. The van der Waals surface area contributed by atoms with E-state index in [0.29, 0.717) is 5.92 Å². The summed E-state index contributed by atoms with van der Waals surface area (Å²) in [5, 5.41) is 2.87. The van der Waals surface area contributed by atoms with Gasteiger partial charge in [0, 0.05) is 12.5 Å². The van der Waals surface area contributed by atoms with Crippen molar-refractivity contribution in [2.24, 2.45) is 11.8 Å². The second-order valence-corrected chi connectivity index (χ2v) is 3.63. The highest BCUT2D eigenvalue weighted by molar-refractivity contribution is 5.77. The molecule has 0 rings (SSSR count). The number of carbonyl (C=O) groups excluding carboxylic acids is 1. The van der Waals surface area contributed by atoms with Crippen molar-refractivity contribution in [3.05, 3.63) is 0 Å². The molecule has 0 fully saturated rings. The standard InChI is InChI=1S/C9H19NO.C2H6/c1-7(2)5-6-10-9(11)8(3)4;1-2/h7-8H,5-6H2,1-4H3,(H,10,11);1-2H3. The largest absolute Gasteiger partial charge is 0.356 e. The molecule has 0 aromatic heterocycles. The van der Waals surface area contributed by atoms with Crippen LogP contribution < -0.4 is 5.32 Å². The minimum atomic E-state index is 0.113. The molecule has 2 heteroatoms. The maximum atomic E-state index is 11.0. The van der Waals surface area contributed by atoms with Crippen LogP contribution in [0.25, 0.3) is 0 Å². The van der Waals surface area contributed by atoms with E-state index in [1.54, 1.807) is 0 Å². The summed E-state index contributed by atoms with van der Waals surface area (Å²) in [5.41, 5.74) is 0. The molecule has 0 aromatic rings. The molecule has 0 saturated heterocycles. The SMILES string of the molecule is CC.CC(C)CCNC(=O)C(C)C. The van der Waals surface area contributed by atoms with Crippen molar-refractivity contribution in [3.8, 4) is 0 Å². The van der Waals surface area contributed by atoms with E-state index in [4.69, 9.17) is 0 Å². The van der Waals surface area contributed by atoms with Crippen LogP contribution in [0.1, 0.15) is 48.0 Å². The predicted octanol–water partition coefficient (Wildman–Crippen LogP) is 2.83. The molecular formula is C11H25NO. The number of hydrogen-bond donors (Lipinski definition) is 1. The van der Waals surface area contributed by atoms with Crippen LogP contribution in [0.4, 0.5) is 0 Å². The van der Waals surface area contributed by atoms with Gasteiger partial charge < -0.3 is 5.32 Å². The zero-order valence-corrected chi connectivity index (χ0v) is 9.98. The summed E-state index contributed by atoms with van der Waals surface area (Å²) in [6, 6.07) is 0. The Balaban J connectivity index is 0. The maximum Gasteiger partial charge on any atom is 0.222 e. The lowest BCUT2D eigenvalue weighted by Crippen LogP contribution is -2.29. The molecule has 0 bridgehead atoms. The van der Waals surface area contributed by atoms with E-state index in [1.165, 1.54) is 0 Å². The summed E-state index contributed by atoms with van der Waals surface area (Å²) in [6.07, 6.45) is 1.07.